The lowest BCUT2D eigenvalue weighted by Crippen LogP contribution is -2.00. The van der Waals surface area contributed by atoms with E-state index in [0.717, 1.165) is 35.3 Å². The number of hydrogen-bond acceptors (Lipinski definition) is 6. The lowest BCUT2D eigenvalue weighted by molar-refractivity contribution is 0.0701. The van der Waals surface area contributed by atoms with Gasteiger partial charge in [-0.1, -0.05) is 34.4 Å². The van der Waals surface area contributed by atoms with Crippen LogP contribution in [0.5, 0.6) is 5.75 Å². The van der Waals surface area contributed by atoms with Gasteiger partial charge in [0.1, 0.15) is 33.7 Å². The monoisotopic (exact) mass is 514 g/mol. The Hall–Kier alpha value is -2.87. The van der Waals surface area contributed by atoms with E-state index in [-0.39, 0.29) is 11.5 Å². The van der Waals surface area contributed by atoms with E-state index in [1.165, 1.54) is 11.3 Å². The highest BCUT2D eigenvalue weighted by molar-refractivity contribution is 7.17. The number of benzene rings is 2. The van der Waals surface area contributed by atoms with Crippen molar-refractivity contribution in [3.05, 3.63) is 73.9 Å². The number of nitrogens with zero attached hydrogens (tertiary/aromatic N) is 2. The van der Waals surface area contributed by atoms with Crippen molar-refractivity contribution < 1.29 is 19.2 Å². The van der Waals surface area contributed by atoms with E-state index in [0.29, 0.717) is 43.7 Å². The number of carboxylic acid groups (broad SMARTS) is 1. The van der Waals surface area contributed by atoms with Crippen molar-refractivity contribution in [1.82, 2.24) is 10.1 Å². The molecule has 2 aromatic heterocycles. The SMILES string of the molecule is Cc1cc(OCc2c(-c3c(Cl)cccc3Cl)noc2C2CC2)ccc1-c1nc(C)c(C(=O)O)s1. The minimum atomic E-state index is -0.964. The highest BCUT2D eigenvalue weighted by Gasteiger charge is 2.33. The molecular weight excluding hydrogens is 495 g/mol. The van der Waals surface area contributed by atoms with Gasteiger partial charge in [-0.05, 0) is 62.6 Å². The third kappa shape index (κ3) is 4.31. The molecule has 0 aliphatic heterocycles. The second kappa shape index (κ2) is 9.06. The first-order valence-corrected chi connectivity index (χ1v) is 12.3. The second-order valence-electron chi connectivity index (χ2n) is 8.25. The molecule has 0 unspecified atom stereocenters. The van der Waals surface area contributed by atoms with Crippen LogP contribution in [0.3, 0.4) is 0 Å². The van der Waals surface area contributed by atoms with Crippen LogP contribution in [0, 0.1) is 13.8 Å². The molecule has 6 nitrogen and oxygen atoms in total. The molecule has 0 amide bonds. The fourth-order valence-electron chi connectivity index (χ4n) is 3.88. The van der Waals surface area contributed by atoms with Gasteiger partial charge in [-0.25, -0.2) is 9.78 Å². The van der Waals surface area contributed by atoms with Crippen LogP contribution in [0.25, 0.3) is 21.8 Å². The molecule has 0 atom stereocenters. The molecule has 0 radical (unpaired) electrons. The number of hydrogen-bond donors (Lipinski definition) is 1. The third-order valence-corrected chi connectivity index (χ3v) is 7.58. The van der Waals surface area contributed by atoms with Crippen LogP contribution in [0.2, 0.25) is 10.0 Å². The highest BCUT2D eigenvalue weighted by atomic mass is 35.5. The van der Waals surface area contributed by atoms with E-state index in [1.54, 1.807) is 25.1 Å². The summed E-state index contributed by atoms with van der Waals surface area (Å²) in [6, 6.07) is 11.0. The fraction of sp³-hybridized carbons (Fsp3) is 0.240. The van der Waals surface area contributed by atoms with Crippen molar-refractivity contribution >= 4 is 40.5 Å². The number of aryl methyl sites for hydroxylation is 2. The first-order valence-electron chi connectivity index (χ1n) is 10.7. The number of carbonyl (C=O) groups is 1. The molecule has 1 aliphatic rings. The smallest absolute Gasteiger partial charge is 0.347 e. The molecule has 0 bridgehead atoms. The zero-order valence-electron chi connectivity index (χ0n) is 18.4. The van der Waals surface area contributed by atoms with Gasteiger partial charge in [0, 0.05) is 17.0 Å². The average Bonchev–Trinajstić information content (AvgIpc) is 3.43. The summed E-state index contributed by atoms with van der Waals surface area (Å²) in [6.07, 6.45) is 2.11. The van der Waals surface area contributed by atoms with Gasteiger partial charge in [-0.15, -0.1) is 11.3 Å². The van der Waals surface area contributed by atoms with E-state index >= 15 is 0 Å². The lowest BCUT2D eigenvalue weighted by Gasteiger charge is -2.11. The molecule has 1 saturated carbocycles. The van der Waals surface area contributed by atoms with Gasteiger partial charge in [-0.3, -0.25) is 0 Å². The van der Waals surface area contributed by atoms with Gasteiger partial charge >= 0.3 is 5.97 Å². The molecule has 34 heavy (non-hydrogen) atoms. The molecule has 9 heteroatoms. The summed E-state index contributed by atoms with van der Waals surface area (Å²) in [5.74, 6) is 0.862. The third-order valence-electron chi connectivity index (χ3n) is 5.77. The Labute approximate surface area is 210 Å². The van der Waals surface area contributed by atoms with Crippen LogP contribution in [0.15, 0.2) is 40.9 Å². The quantitative estimate of drug-likeness (QED) is 0.274. The van der Waals surface area contributed by atoms with Crippen LogP contribution in [0.1, 0.15) is 51.0 Å². The molecule has 0 spiro atoms. The van der Waals surface area contributed by atoms with E-state index in [2.05, 4.69) is 10.1 Å². The Morgan fingerprint density at radius 2 is 1.94 bits per heavy atom. The number of thiazole rings is 1. The Morgan fingerprint density at radius 3 is 2.56 bits per heavy atom. The van der Waals surface area contributed by atoms with Gasteiger partial charge in [0.15, 0.2) is 0 Å². The summed E-state index contributed by atoms with van der Waals surface area (Å²) < 4.78 is 11.9. The summed E-state index contributed by atoms with van der Waals surface area (Å²) in [4.78, 5) is 16.1. The summed E-state index contributed by atoms with van der Waals surface area (Å²) in [5, 5.41) is 15.3. The normalized spacial score (nSPS) is 13.3. The molecule has 174 valence electrons. The highest BCUT2D eigenvalue weighted by Crippen LogP contribution is 2.46. The number of aromatic carboxylic acids is 1. The maximum absolute atomic E-state index is 11.4. The van der Waals surface area contributed by atoms with Gasteiger partial charge < -0.3 is 14.4 Å². The number of ether oxygens (including phenoxy) is 1. The molecule has 5 rings (SSSR count). The Morgan fingerprint density at radius 1 is 1.21 bits per heavy atom. The number of aromatic nitrogens is 2. The topological polar surface area (TPSA) is 85.5 Å². The zero-order valence-corrected chi connectivity index (χ0v) is 20.7. The number of carboxylic acids is 1. The van der Waals surface area contributed by atoms with Crippen molar-refractivity contribution in [1.29, 1.82) is 0 Å². The molecule has 0 saturated heterocycles. The largest absolute Gasteiger partial charge is 0.489 e. The molecule has 1 aliphatic carbocycles. The van der Waals surface area contributed by atoms with Gasteiger partial charge in [-0.2, -0.15) is 0 Å². The second-order valence-corrected chi connectivity index (χ2v) is 10.1. The summed E-state index contributed by atoms with van der Waals surface area (Å²) in [5.41, 5.74) is 4.41. The van der Waals surface area contributed by atoms with Crippen LogP contribution in [-0.2, 0) is 6.61 Å². The van der Waals surface area contributed by atoms with Gasteiger partial charge in [0.05, 0.1) is 21.3 Å². The van der Waals surface area contributed by atoms with Crippen LogP contribution < -0.4 is 4.74 Å². The summed E-state index contributed by atoms with van der Waals surface area (Å²) in [6.45, 7) is 3.91. The maximum atomic E-state index is 11.4. The molecule has 1 N–H and O–H groups in total. The molecule has 2 aromatic carbocycles. The van der Waals surface area contributed by atoms with Crippen molar-refractivity contribution in [3.63, 3.8) is 0 Å². The molecule has 1 fully saturated rings. The van der Waals surface area contributed by atoms with Crippen LogP contribution >= 0.6 is 34.5 Å². The van der Waals surface area contributed by atoms with Crippen molar-refractivity contribution in [2.24, 2.45) is 0 Å². The van der Waals surface area contributed by atoms with E-state index < -0.39 is 5.97 Å². The zero-order chi connectivity index (χ0) is 24.0. The minimum Gasteiger partial charge on any atom is -0.489 e. The first-order chi connectivity index (χ1) is 16.3. The summed E-state index contributed by atoms with van der Waals surface area (Å²) in [7, 11) is 0. The van der Waals surface area contributed by atoms with Gasteiger partial charge in [0.2, 0.25) is 0 Å². The minimum absolute atomic E-state index is 0.251. The Balaban J connectivity index is 1.43. The number of halogens is 2. The van der Waals surface area contributed by atoms with Crippen molar-refractivity contribution in [2.75, 3.05) is 0 Å². The van der Waals surface area contributed by atoms with Crippen LogP contribution in [-0.4, -0.2) is 21.2 Å². The Bertz CT molecular complexity index is 1390. The predicted octanol–water partition coefficient (Wildman–Crippen LogP) is 7.54. The fourth-order valence-corrected chi connectivity index (χ4v) is 5.45. The predicted molar refractivity (Wildman–Crippen MR) is 132 cm³/mol. The van der Waals surface area contributed by atoms with Crippen molar-refractivity contribution in [3.8, 4) is 27.6 Å². The number of rotatable bonds is 7. The molecule has 4 aromatic rings. The van der Waals surface area contributed by atoms with Crippen LogP contribution in [0.4, 0.5) is 0 Å². The van der Waals surface area contributed by atoms with E-state index in [9.17, 15) is 9.90 Å². The Kier molecular flexibility index (Phi) is 6.10. The molecule has 2 heterocycles. The lowest BCUT2D eigenvalue weighted by atomic mass is 10.0. The average molecular weight is 515 g/mol. The van der Waals surface area contributed by atoms with E-state index in [4.69, 9.17) is 32.5 Å². The van der Waals surface area contributed by atoms with E-state index in [1.807, 2.05) is 25.1 Å². The first kappa shape index (κ1) is 22.9. The van der Waals surface area contributed by atoms with Crippen molar-refractivity contribution in [2.45, 2.75) is 39.2 Å². The molecular formula is C25H20Cl2N2O4S. The standard InChI is InChI=1S/C25H20Cl2N2O4S/c1-12-10-15(8-9-16(12)24-28-13(2)23(34-24)25(30)31)32-11-17-21(29-33-22(17)14-6-7-14)20-18(26)4-3-5-19(20)27/h3-5,8-10,14H,6-7,11H2,1-2H3,(H,30,31). The maximum Gasteiger partial charge on any atom is 0.347 e. The van der Waals surface area contributed by atoms with Gasteiger partial charge in [0.25, 0.3) is 0 Å². The summed E-state index contributed by atoms with van der Waals surface area (Å²) >= 11 is 14.0.